The van der Waals surface area contributed by atoms with Gasteiger partial charge in [-0.2, -0.15) is 0 Å². The van der Waals surface area contributed by atoms with E-state index < -0.39 is 0 Å². The molecule has 0 aliphatic carbocycles. The number of piperazine rings is 1. The number of carbonyl (C=O) groups is 2. The lowest BCUT2D eigenvalue weighted by atomic mass is 9.89. The van der Waals surface area contributed by atoms with Crippen molar-refractivity contribution in [3.05, 3.63) is 29.8 Å². The maximum Gasteiger partial charge on any atom is 0.227 e. The molecular weight excluding hydrogens is 314 g/mol. The Hall–Kier alpha value is -1.59. The van der Waals surface area contributed by atoms with Gasteiger partial charge in [-0.15, -0.1) is 12.4 Å². The van der Waals surface area contributed by atoms with Crippen LogP contribution in [0.5, 0.6) is 0 Å². The van der Waals surface area contributed by atoms with Gasteiger partial charge < -0.3 is 15.5 Å². The number of amides is 2. The number of carbonyl (C=O) groups excluding carboxylic acids is 2. The predicted octanol–water partition coefficient (Wildman–Crippen LogP) is 1.82. The predicted molar refractivity (Wildman–Crippen MR) is 92.8 cm³/mol. The molecule has 0 radical (unpaired) electrons. The molecule has 5 nitrogen and oxygen atoms in total. The molecule has 0 spiro atoms. The molecule has 0 bridgehead atoms. The van der Waals surface area contributed by atoms with E-state index in [0.29, 0.717) is 18.9 Å². The molecule has 6 heteroatoms. The first kappa shape index (κ1) is 17.8. The Bertz CT molecular complexity index is 579. The topological polar surface area (TPSA) is 61.4 Å². The van der Waals surface area contributed by atoms with E-state index in [1.54, 1.807) is 0 Å². The van der Waals surface area contributed by atoms with Crippen molar-refractivity contribution in [3.8, 4) is 0 Å². The highest BCUT2D eigenvalue weighted by molar-refractivity contribution is 5.96. The summed E-state index contributed by atoms with van der Waals surface area (Å²) in [6.45, 7) is 4.47. The fourth-order valence-electron chi connectivity index (χ4n) is 3.26. The van der Waals surface area contributed by atoms with Gasteiger partial charge in [-0.05, 0) is 31.4 Å². The second-order valence-electron chi connectivity index (χ2n) is 6.28. The summed E-state index contributed by atoms with van der Waals surface area (Å²) in [6, 6.07) is 8.23. The number of fused-ring (bicyclic) bond motifs is 1. The number of halogens is 1. The Morgan fingerprint density at radius 1 is 1.35 bits per heavy atom. The summed E-state index contributed by atoms with van der Waals surface area (Å²) in [7, 11) is 0. The zero-order valence-corrected chi connectivity index (χ0v) is 14.2. The van der Waals surface area contributed by atoms with Gasteiger partial charge in [0, 0.05) is 43.7 Å². The van der Waals surface area contributed by atoms with Gasteiger partial charge in [0.1, 0.15) is 0 Å². The van der Waals surface area contributed by atoms with Crippen LogP contribution >= 0.6 is 12.4 Å². The maximum atomic E-state index is 12.3. The van der Waals surface area contributed by atoms with Crippen molar-refractivity contribution in [3.63, 3.8) is 0 Å². The fourth-order valence-corrected chi connectivity index (χ4v) is 3.26. The van der Waals surface area contributed by atoms with E-state index in [2.05, 4.69) is 17.6 Å². The van der Waals surface area contributed by atoms with Gasteiger partial charge in [-0.25, -0.2) is 0 Å². The van der Waals surface area contributed by atoms with Crippen LogP contribution in [0.4, 0.5) is 5.69 Å². The molecule has 23 heavy (non-hydrogen) atoms. The molecule has 2 atom stereocenters. The minimum Gasteiger partial charge on any atom is -0.340 e. The molecule has 3 rings (SSSR count). The number of hydrogen-bond donors (Lipinski definition) is 2. The molecule has 1 aromatic carbocycles. The normalized spacial score (nSPS) is 23.5. The first-order valence-corrected chi connectivity index (χ1v) is 8.03. The summed E-state index contributed by atoms with van der Waals surface area (Å²) in [5, 5.41) is 6.28. The fraction of sp³-hybridized carbons (Fsp3) is 0.529. The van der Waals surface area contributed by atoms with Gasteiger partial charge in [0.15, 0.2) is 0 Å². The van der Waals surface area contributed by atoms with Crippen LogP contribution in [0, 0.1) is 5.92 Å². The number of nitrogens with zero attached hydrogens (tertiary/aromatic N) is 1. The average Bonchev–Trinajstić information content (AvgIpc) is 2.52. The van der Waals surface area contributed by atoms with Gasteiger partial charge in [-0.1, -0.05) is 18.2 Å². The Morgan fingerprint density at radius 2 is 2.13 bits per heavy atom. The van der Waals surface area contributed by atoms with Gasteiger partial charge >= 0.3 is 0 Å². The largest absolute Gasteiger partial charge is 0.340 e. The monoisotopic (exact) mass is 337 g/mol. The van der Waals surface area contributed by atoms with E-state index in [1.807, 2.05) is 29.2 Å². The molecule has 2 unspecified atom stereocenters. The molecular formula is C17H24ClN3O2. The zero-order chi connectivity index (χ0) is 15.5. The molecule has 1 saturated heterocycles. The van der Waals surface area contributed by atoms with Crippen molar-refractivity contribution in [1.29, 1.82) is 0 Å². The summed E-state index contributed by atoms with van der Waals surface area (Å²) < 4.78 is 0. The second-order valence-corrected chi connectivity index (χ2v) is 6.28. The van der Waals surface area contributed by atoms with Crippen molar-refractivity contribution in [1.82, 2.24) is 10.2 Å². The molecule has 1 fully saturated rings. The highest BCUT2D eigenvalue weighted by Crippen LogP contribution is 2.27. The maximum absolute atomic E-state index is 12.3. The van der Waals surface area contributed by atoms with E-state index in [-0.39, 0.29) is 30.1 Å². The van der Waals surface area contributed by atoms with E-state index in [9.17, 15) is 9.59 Å². The van der Waals surface area contributed by atoms with Gasteiger partial charge in [0.25, 0.3) is 0 Å². The van der Waals surface area contributed by atoms with Crippen LogP contribution in [0.3, 0.4) is 0 Å². The highest BCUT2D eigenvalue weighted by atomic mass is 35.5. The van der Waals surface area contributed by atoms with E-state index in [4.69, 9.17) is 0 Å². The molecule has 0 aromatic heterocycles. The summed E-state index contributed by atoms with van der Waals surface area (Å²) >= 11 is 0. The third-order valence-electron chi connectivity index (χ3n) is 4.54. The molecule has 2 amide bonds. The van der Waals surface area contributed by atoms with Crippen molar-refractivity contribution < 1.29 is 9.59 Å². The van der Waals surface area contributed by atoms with Gasteiger partial charge in [0.2, 0.25) is 11.8 Å². The Labute approximate surface area is 143 Å². The number of anilines is 1. The van der Waals surface area contributed by atoms with Crippen LogP contribution in [-0.4, -0.2) is 42.4 Å². The zero-order valence-electron chi connectivity index (χ0n) is 13.4. The smallest absolute Gasteiger partial charge is 0.227 e. The molecule has 2 heterocycles. The first-order valence-electron chi connectivity index (χ1n) is 8.03. The lowest BCUT2D eigenvalue weighted by molar-refractivity contribution is -0.132. The van der Waals surface area contributed by atoms with Crippen LogP contribution in [0.2, 0.25) is 0 Å². The number of para-hydroxylation sites is 1. The van der Waals surface area contributed by atoms with Crippen LogP contribution in [0.1, 0.15) is 25.3 Å². The van der Waals surface area contributed by atoms with E-state index >= 15 is 0 Å². The van der Waals surface area contributed by atoms with Crippen molar-refractivity contribution in [2.24, 2.45) is 5.92 Å². The summed E-state index contributed by atoms with van der Waals surface area (Å²) in [4.78, 5) is 26.4. The quantitative estimate of drug-likeness (QED) is 0.884. The SMILES string of the molecule is CC1CN(C(=O)CCC2Cc3ccccc3NC2=O)CCN1.Cl. The standard InChI is InChI=1S/C17H23N3O2.ClH/c1-12-11-20(9-8-18-12)16(21)7-6-14-10-13-4-2-3-5-15(13)19-17(14)22;/h2-5,12,14,18H,6-11H2,1H3,(H,19,22);1H. The molecule has 2 aliphatic heterocycles. The van der Waals surface area contributed by atoms with Crippen LogP contribution in [-0.2, 0) is 16.0 Å². The number of benzene rings is 1. The highest BCUT2D eigenvalue weighted by Gasteiger charge is 2.27. The van der Waals surface area contributed by atoms with Crippen LogP contribution < -0.4 is 10.6 Å². The second kappa shape index (κ2) is 7.79. The van der Waals surface area contributed by atoms with Gasteiger partial charge in [0.05, 0.1) is 0 Å². The lowest BCUT2D eigenvalue weighted by Crippen LogP contribution is -2.51. The molecule has 1 aromatic rings. The van der Waals surface area contributed by atoms with Gasteiger partial charge in [-0.3, -0.25) is 9.59 Å². The van der Waals surface area contributed by atoms with Crippen LogP contribution in [0.25, 0.3) is 0 Å². The minimum atomic E-state index is -0.0980. The lowest BCUT2D eigenvalue weighted by Gasteiger charge is -2.32. The minimum absolute atomic E-state index is 0. The number of rotatable bonds is 3. The Balaban J connectivity index is 0.00000192. The molecule has 0 saturated carbocycles. The van der Waals surface area contributed by atoms with E-state index in [0.717, 1.165) is 37.3 Å². The first-order chi connectivity index (χ1) is 10.6. The van der Waals surface area contributed by atoms with Crippen molar-refractivity contribution in [2.45, 2.75) is 32.2 Å². The third kappa shape index (κ3) is 4.24. The number of nitrogens with one attached hydrogen (secondary N) is 2. The molecule has 2 N–H and O–H groups in total. The summed E-state index contributed by atoms with van der Waals surface area (Å²) in [5.74, 6) is 0.111. The summed E-state index contributed by atoms with van der Waals surface area (Å²) in [6.07, 6.45) is 1.80. The summed E-state index contributed by atoms with van der Waals surface area (Å²) in [5.41, 5.74) is 2.07. The average molecular weight is 338 g/mol. The third-order valence-corrected chi connectivity index (χ3v) is 4.54. The molecule has 2 aliphatic rings. The van der Waals surface area contributed by atoms with Crippen molar-refractivity contribution in [2.75, 3.05) is 25.0 Å². The number of hydrogen-bond acceptors (Lipinski definition) is 3. The Morgan fingerprint density at radius 3 is 2.91 bits per heavy atom. The Kier molecular flexibility index (Phi) is 6.02. The molecule has 126 valence electrons. The van der Waals surface area contributed by atoms with Crippen LogP contribution in [0.15, 0.2) is 24.3 Å². The van der Waals surface area contributed by atoms with E-state index in [1.165, 1.54) is 0 Å². The van der Waals surface area contributed by atoms with Crippen molar-refractivity contribution >= 4 is 29.9 Å².